The zero-order valence-corrected chi connectivity index (χ0v) is 20.1. The van der Waals surface area contributed by atoms with E-state index in [2.05, 4.69) is 15.0 Å². The summed E-state index contributed by atoms with van der Waals surface area (Å²) in [7, 11) is 3.19. The van der Waals surface area contributed by atoms with Crippen molar-refractivity contribution in [2.24, 2.45) is 0 Å². The minimum Gasteiger partial charge on any atom is -0.493 e. The molecule has 1 aromatic carbocycles. The van der Waals surface area contributed by atoms with Crippen molar-refractivity contribution < 1.29 is 24.1 Å². The van der Waals surface area contributed by atoms with Gasteiger partial charge >= 0.3 is 5.97 Å². The van der Waals surface area contributed by atoms with Crippen molar-refractivity contribution in [3.63, 3.8) is 0 Å². The second-order valence-corrected chi connectivity index (χ2v) is 8.58. The summed E-state index contributed by atoms with van der Waals surface area (Å²) in [6.45, 7) is 1.60. The Morgan fingerprint density at radius 1 is 1.03 bits per heavy atom. The topological polar surface area (TPSA) is 112 Å². The Labute approximate surface area is 208 Å². The van der Waals surface area contributed by atoms with Gasteiger partial charge in [-0.05, 0) is 42.7 Å². The number of methoxy groups -OCH3 is 2. The van der Waals surface area contributed by atoms with Crippen molar-refractivity contribution in [3.8, 4) is 17.4 Å². The van der Waals surface area contributed by atoms with Crippen LogP contribution in [0.25, 0.3) is 11.2 Å². The molecule has 3 aromatic heterocycles. The van der Waals surface area contributed by atoms with Crippen LogP contribution >= 0.6 is 0 Å². The number of anilines is 1. The molecule has 186 valence electrons. The first-order valence-corrected chi connectivity index (χ1v) is 11.6. The van der Waals surface area contributed by atoms with E-state index in [9.17, 15) is 9.90 Å². The highest BCUT2D eigenvalue weighted by Gasteiger charge is 2.31. The molecule has 0 spiro atoms. The number of carbonyl (C=O) groups is 1. The smallest absolute Gasteiger partial charge is 0.326 e. The number of imidazole rings is 1. The minimum atomic E-state index is -0.805. The quantitative estimate of drug-likeness (QED) is 0.377. The van der Waals surface area contributed by atoms with Crippen LogP contribution in [0.5, 0.6) is 17.4 Å². The number of hydrogen-bond acceptors (Lipinski definition) is 8. The molecule has 10 heteroatoms. The number of ether oxygens (including phenoxy) is 3. The molecule has 4 aromatic rings. The van der Waals surface area contributed by atoms with E-state index in [4.69, 9.17) is 14.2 Å². The number of pyridine rings is 2. The fourth-order valence-electron chi connectivity index (χ4n) is 4.45. The normalized spacial score (nSPS) is 15.3. The largest absolute Gasteiger partial charge is 0.493 e. The van der Waals surface area contributed by atoms with E-state index in [0.29, 0.717) is 43.5 Å². The maximum absolute atomic E-state index is 11.6. The van der Waals surface area contributed by atoms with Crippen LogP contribution < -0.4 is 19.1 Å². The van der Waals surface area contributed by atoms with Crippen molar-refractivity contribution in [2.75, 3.05) is 25.7 Å². The Kier molecular flexibility index (Phi) is 6.57. The molecule has 0 amide bonds. The van der Waals surface area contributed by atoms with Gasteiger partial charge in [0.25, 0.3) is 0 Å². The minimum absolute atomic E-state index is 0.352. The molecule has 36 heavy (non-hydrogen) atoms. The molecule has 0 bridgehead atoms. The van der Waals surface area contributed by atoms with Gasteiger partial charge < -0.3 is 28.8 Å². The molecule has 4 heterocycles. The molecule has 1 aliphatic rings. The van der Waals surface area contributed by atoms with E-state index in [1.54, 1.807) is 39.0 Å². The maximum atomic E-state index is 11.6. The fourth-order valence-corrected chi connectivity index (χ4v) is 4.45. The van der Waals surface area contributed by atoms with E-state index in [0.717, 1.165) is 34.4 Å². The number of carboxylic acid groups (broad SMARTS) is 1. The first-order chi connectivity index (χ1) is 17.6. The van der Waals surface area contributed by atoms with Crippen LogP contribution in [0.3, 0.4) is 0 Å². The lowest BCUT2D eigenvalue weighted by atomic mass is 10.2. The number of hydrogen-bond donors (Lipinski definition) is 1. The lowest BCUT2D eigenvalue weighted by Crippen LogP contribution is -2.35. The Balaban J connectivity index is 1.30. The second-order valence-electron chi connectivity index (χ2n) is 8.58. The SMILES string of the molecule is COc1ccc(COc2ccc(Cn3cnc4cc(N5CCCC5C(=O)O)cnc43)cc2OC)cn1. The molecule has 1 aliphatic heterocycles. The highest BCUT2D eigenvalue weighted by atomic mass is 16.5. The van der Waals surface area contributed by atoms with Gasteiger partial charge in [-0.25, -0.2) is 19.7 Å². The Hall–Kier alpha value is -4.34. The molecule has 5 rings (SSSR count). The number of nitrogens with zero attached hydrogens (tertiary/aromatic N) is 5. The van der Waals surface area contributed by atoms with Gasteiger partial charge in [0.2, 0.25) is 5.88 Å². The molecule has 1 fully saturated rings. The number of carboxylic acids is 1. The number of fused-ring (bicyclic) bond motifs is 1. The molecular weight excluding hydrogens is 462 g/mol. The standard InChI is InChI=1S/C26H27N5O5/c1-34-23-10-17(5-7-22(23)36-15-18-6-8-24(35-2)27-12-18)14-30-16-29-20-11-19(13-28-25(20)30)31-9-3-4-21(31)26(32)33/h5-8,10-13,16,21H,3-4,9,14-15H2,1-2H3,(H,32,33). The average Bonchev–Trinajstić information content (AvgIpc) is 3.55. The van der Waals surface area contributed by atoms with E-state index in [-0.39, 0.29) is 0 Å². The summed E-state index contributed by atoms with van der Waals surface area (Å²) in [5, 5.41) is 9.49. The van der Waals surface area contributed by atoms with Crippen molar-refractivity contribution in [1.82, 2.24) is 19.5 Å². The van der Waals surface area contributed by atoms with Crippen LogP contribution in [0, 0.1) is 0 Å². The van der Waals surface area contributed by atoms with Crippen LogP contribution in [0.15, 0.2) is 55.1 Å². The lowest BCUT2D eigenvalue weighted by Gasteiger charge is -2.23. The number of benzene rings is 1. The molecule has 0 radical (unpaired) electrons. The van der Waals surface area contributed by atoms with Gasteiger partial charge in [0.1, 0.15) is 18.2 Å². The predicted molar refractivity (Wildman–Crippen MR) is 133 cm³/mol. The molecule has 1 unspecified atom stereocenters. The van der Waals surface area contributed by atoms with Crippen molar-refractivity contribution in [3.05, 3.63) is 66.2 Å². The van der Waals surface area contributed by atoms with Gasteiger partial charge in [-0.3, -0.25) is 0 Å². The molecule has 1 atom stereocenters. The van der Waals surface area contributed by atoms with Crippen molar-refractivity contribution in [2.45, 2.75) is 32.0 Å². The first kappa shape index (κ1) is 23.4. The monoisotopic (exact) mass is 489 g/mol. The van der Waals surface area contributed by atoms with Gasteiger partial charge in [-0.1, -0.05) is 6.07 Å². The number of aliphatic carboxylic acids is 1. The predicted octanol–water partition coefficient (Wildman–Crippen LogP) is 3.52. The van der Waals surface area contributed by atoms with Gasteiger partial charge in [0.05, 0.1) is 39.0 Å². The van der Waals surface area contributed by atoms with E-state index in [1.165, 1.54) is 0 Å². The van der Waals surface area contributed by atoms with Crippen LogP contribution in [0.4, 0.5) is 5.69 Å². The summed E-state index contributed by atoms with van der Waals surface area (Å²) >= 11 is 0. The lowest BCUT2D eigenvalue weighted by molar-refractivity contribution is -0.138. The van der Waals surface area contributed by atoms with E-state index < -0.39 is 12.0 Å². The molecule has 1 saturated heterocycles. The number of rotatable bonds is 9. The molecule has 0 saturated carbocycles. The fraction of sp³-hybridized carbons (Fsp3) is 0.308. The third-order valence-corrected chi connectivity index (χ3v) is 6.29. The van der Waals surface area contributed by atoms with E-state index >= 15 is 0 Å². The van der Waals surface area contributed by atoms with Crippen molar-refractivity contribution >= 4 is 22.8 Å². The highest BCUT2D eigenvalue weighted by Crippen LogP contribution is 2.30. The van der Waals surface area contributed by atoms with E-state index in [1.807, 2.05) is 39.8 Å². The van der Waals surface area contributed by atoms with Crippen LogP contribution in [0.2, 0.25) is 0 Å². The first-order valence-electron chi connectivity index (χ1n) is 11.6. The average molecular weight is 490 g/mol. The zero-order chi connectivity index (χ0) is 25.1. The van der Waals surface area contributed by atoms with Gasteiger partial charge in [0.15, 0.2) is 17.1 Å². The van der Waals surface area contributed by atoms with Crippen molar-refractivity contribution in [1.29, 1.82) is 0 Å². The Bertz CT molecular complexity index is 1370. The summed E-state index contributed by atoms with van der Waals surface area (Å²) in [4.78, 5) is 26.8. The van der Waals surface area contributed by atoms with Gasteiger partial charge in [-0.15, -0.1) is 0 Å². The Morgan fingerprint density at radius 2 is 1.89 bits per heavy atom. The third-order valence-electron chi connectivity index (χ3n) is 6.29. The summed E-state index contributed by atoms with van der Waals surface area (Å²) in [6.07, 6.45) is 6.68. The summed E-state index contributed by atoms with van der Waals surface area (Å²) in [6, 6.07) is 10.9. The molecule has 10 nitrogen and oxygen atoms in total. The van der Waals surface area contributed by atoms with Gasteiger partial charge in [0, 0.05) is 24.4 Å². The third kappa shape index (κ3) is 4.74. The molecular formula is C26H27N5O5. The highest BCUT2D eigenvalue weighted by molar-refractivity contribution is 5.81. The summed E-state index contributed by atoms with van der Waals surface area (Å²) in [5.41, 5.74) is 4.16. The Morgan fingerprint density at radius 3 is 2.64 bits per heavy atom. The molecule has 1 N–H and O–H groups in total. The van der Waals surface area contributed by atoms with Crippen LogP contribution in [-0.2, 0) is 17.9 Å². The zero-order valence-electron chi connectivity index (χ0n) is 20.1. The van der Waals surface area contributed by atoms with Crippen LogP contribution in [0.1, 0.15) is 24.0 Å². The van der Waals surface area contributed by atoms with Gasteiger partial charge in [-0.2, -0.15) is 0 Å². The van der Waals surface area contributed by atoms with Crippen LogP contribution in [-0.4, -0.2) is 57.4 Å². The molecule has 0 aliphatic carbocycles. The maximum Gasteiger partial charge on any atom is 0.326 e. The second kappa shape index (κ2) is 10.1. The summed E-state index contributed by atoms with van der Waals surface area (Å²) < 4.78 is 18.6. The summed E-state index contributed by atoms with van der Waals surface area (Å²) in [5.74, 6) is 1.01. The number of aromatic nitrogens is 4.